The van der Waals surface area contributed by atoms with Gasteiger partial charge in [-0.3, -0.25) is 9.59 Å². The van der Waals surface area contributed by atoms with Crippen molar-refractivity contribution in [2.45, 2.75) is 30.7 Å². The lowest BCUT2D eigenvalue weighted by Crippen LogP contribution is -2.28. The second-order valence-electron chi connectivity index (χ2n) is 11.2. The molecule has 0 fully saturated rings. The number of hydrogen-bond acceptors (Lipinski definition) is 9. The van der Waals surface area contributed by atoms with Crippen molar-refractivity contribution in [3.8, 4) is 17.2 Å². The maximum absolute atomic E-state index is 13.9. The van der Waals surface area contributed by atoms with Gasteiger partial charge in [-0.15, -0.1) is 10.2 Å². The molecule has 0 aliphatic carbocycles. The lowest BCUT2D eigenvalue weighted by molar-refractivity contribution is -0.130. The van der Waals surface area contributed by atoms with Gasteiger partial charge in [-0.1, -0.05) is 60.3 Å². The first-order valence-corrected chi connectivity index (χ1v) is 16.6. The van der Waals surface area contributed by atoms with E-state index in [-0.39, 0.29) is 30.2 Å². The molecule has 1 aliphatic heterocycles. The van der Waals surface area contributed by atoms with E-state index in [0.29, 0.717) is 35.3 Å². The third-order valence-electron chi connectivity index (χ3n) is 8.13. The number of benzene rings is 4. The Morgan fingerprint density at radius 1 is 0.816 bits per heavy atom. The molecule has 5 aromatic rings. The molecule has 0 bridgehead atoms. The summed E-state index contributed by atoms with van der Waals surface area (Å²) in [6.07, 6.45) is 0.552. The molecule has 1 N–H and O–H groups in total. The molecule has 0 saturated heterocycles. The van der Waals surface area contributed by atoms with Gasteiger partial charge in [0, 0.05) is 12.0 Å². The lowest BCUT2D eigenvalue weighted by Gasteiger charge is -2.22. The highest BCUT2D eigenvalue weighted by atomic mass is 32.2. The van der Waals surface area contributed by atoms with Crippen molar-refractivity contribution in [2.24, 2.45) is 5.10 Å². The first-order chi connectivity index (χ1) is 23.9. The minimum Gasteiger partial charge on any atom is -0.497 e. The Kier molecular flexibility index (Phi) is 10.5. The van der Waals surface area contributed by atoms with Crippen molar-refractivity contribution in [2.75, 3.05) is 27.1 Å². The number of methoxy groups -OCH3 is 3. The van der Waals surface area contributed by atoms with Crippen LogP contribution in [0.25, 0.3) is 0 Å². The maximum atomic E-state index is 13.9. The van der Waals surface area contributed by atoms with E-state index in [1.165, 1.54) is 11.8 Å². The number of rotatable bonds is 13. The number of carbonyl (C=O) groups is 2. The summed E-state index contributed by atoms with van der Waals surface area (Å²) < 4.78 is 17.9. The number of thioether (sulfide) groups is 1. The molecule has 6 rings (SSSR count). The van der Waals surface area contributed by atoms with E-state index in [1.807, 2.05) is 83.4 Å². The molecule has 1 atom stereocenters. The highest BCUT2D eigenvalue weighted by Crippen LogP contribution is 2.35. The van der Waals surface area contributed by atoms with Gasteiger partial charge in [0.15, 0.2) is 11.0 Å². The number of amides is 2. The average molecular weight is 677 g/mol. The number of hydrazone groups is 1. The van der Waals surface area contributed by atoms with Gasteiger partial charge >= 0.3 is 0 Å². The zero-order chi connectivity index (χ0) is 34.2. The average Bonchev–Trinajstić information content (AvgIpc) is 3.78. The van der Waals surface area contributed by atoms with Crippen LogP contribution in [0.2, 0.25) is 0 Å². The normalized spacial score (nSPS) is 13.9. The highest BCUT2D eigenvalue weighted by molar-refractivity contribution is 7.99. The summed E-state index contributed by atoms with van der Waals surface area (Å²) in [6.45, 7) is 0.609. The monoisotopic (exact) mass is 676 g/mol. The predicted molar refractivity (Wildman–Crippen MR) is 187 cm³/mol. The van der Waals surface area contributed by atoms with Crippen LogP contribution in [0.15, 0.2) is 113 Å². The number of carbonyl (C=O) groups excluding carboxylic acids is 2. The van der Waals surface area contributed by atoms with Gasteiger partial charge in [0.25, 0.3) is 11.8 Å². The first kappa shape index (κ1) is 33.3. The second kappa shape index (κ2) is 15.5. The van der Waals surface area contributed by atoms with E-state index in [2.05, 4.69) is 15.5 Å². The Morgan fingerprint density at radius 3 is 2.20 bits per heavy atom. The van der Waals surface area contributed by atoms with Crippen LogP contribution in [0, 0.1) is 0 Å². The van der Waals surface area contributed by atoms with Crippen LogP contribution in [0.5, 0.6) is 17.2 Å². The topological polar surface area (TPSA) is 120 Å². The first-order valence-electron chi connectivity index (χ1n) is 15.6. The molecule has 1 aliphatic rings. The zero-order valence-corrected chi connectivity index (χ0v) is 28.2. The summed E-state index contributed by atoms with van der Waals surface area (Å²) in [6, 6.07) is 31.9. The van der Waals surface area contributed by atoms with Crippen LogP contribution >= 0.6 is 11.8 Å². The van der Waals surface area contributed by atoms with Gasteiger partial charge in [0.1, 0.15) is 17.2 Å². The third kappa shape index (κ3) is 7.92. The number of nitrogens with one attached hydrogen (secondary N) is 1. The Hall–Kier alpha value is -5.62. The fourth-order valence-corrected chi connectivity index (χ4v) is 6.29. The molecule has 0 unspecified atom stereocenters. The van der Waals surface area contributed by atoms with Crippen molar-refractivity contribution >= 4 is 29.3 Å². The molecule has 0 spiro atoms. The maximum Gasteiger partial charge on any atom is 0.253 e. The SMILES string of the molecule is COc1ccc(C2=NN(C(=O)CSc3nnc(CNC(=O)c4cccc(OC)c4)n3Cc3ccccc3)[C@H](c3ccc(OC)cc3)C2)cc1. The molecule has 0 radical (unpaired) electrons. The van der Waals surface area contributed by atoms with Crippen LogP contribution in [0.3, 0.4) is 0 Å². The Labute approximate surface area is 288 Å². The van der Waals surface area contributed by atoms with Gasteiger partial charge in [0.05, 0.1) is 51.9 Å². The van der Waals surface area contributed by atoms with Crippen molar-refractivity contribution in [3.63, 3.8) is 0 Å². The summed E-state index contributed by atoms with van der Waals surface area (Å²) in [7, 11) is 4.81. The fraction of sp³-hybridized carbons (Fsp3) is 0.216. The fourth-order valence-electron chi connectivity index (χ4n) is 5.48. The summed E-state index contributed by atoms with van der Waals surface area (Å²) in [5, 5.41) is 18.7. The molecule has 250 valence electrons. The third-order valence-corrected chi connectivity index (χ3v) is 9.08. The van der Waals surface area contributed by atoms with Crippen molar-refractivity contribution < 1.29 is 23.8 Å². The molecule has 1 aromatic heterocycles. The number of hydrogen-bond donors (Lipinski definition) is 1. The molecule has 4 aromatic carbocycles. The van der Waals surface area contributed by atoms with Gasteiger partial charge < -0.3 is 24.1 Å². The predicted octanol–water partition coefficient (Wildman–Crippen LogP) is 5.75. The van der Waals surface area contributed by atoms with Crippen LogP contribution < -0.4 is 19.5 Å². The van der Waals surface area contributed by atoms with Gasteiger partial charge in [-0.25, -0.2) is 5.01 Å². The summed E-state index contributed by atoms with van der Waals surface area (Å²) in [5.41, 5.74) is 4.19. The Balaban J connectivity index is 1.22. The van der Waals surface area contributed by atoms with E-state index < -0.39 is 0 Å². The standard InChI is InChI=1S/C37H36N6O5S/c1-46-29-16-12-26(13-17-29)32-21-33(27-14-18-30(47-2)19-15-27)43(41-32)35(44)24-49-37-40-39-34(42(37)23-25-8-5-4-6-9-25)22-38-36(45)28-10-7-11-31(20-28)48-3/h4-20,33H,21-24H2,1-3H3,(H,38,45)/t33-/m0/s1. The number of nitrogens with zero attached hydrogens (tertiary/aromatic N) is 5. The molecular formula is C37H36N6O5S. The number of aromatic nitrogens is 3. The van der Waals surface area contributed by atoms with E-state index in [4.69, 9.17) is 19.3 Å². The second-order valence-corrected chi connectivity index (χ2v) is 12.1. The molecule has 49 heavy (non-hydrogen) atoms. The van der Waals surface area contributed by atoms with Crippen molar-refractivity contribution in [1.29, 1.82) is 0 Å². The molecule has 2 heterocycles. The molecular weight excluding hydrogens is 641 g/mol. The van der Waals surface area contributed by atoms with Crippen LogP contribution in [0.4, 0.5) is 0 Å². The Bertz CT molecular complexity index is 1930. The molecule has 12 heteroatoms. The molecule has 11 nitrogen and oxygen atoms in total. The van der Waals surface area contributed by atoms with E-state index in [9.17, 15) is 9.59 Å². The minimum absolute atomic E-state index is 0.0785. The summed E-state index contributed by atoms with van der Waals surface area (Å²) >= 11 is 1.29. The van der Waals surface area contributed by atoms with Crippen LogP contribution in [-0.4, -0.2) is 64.4 Å². The van der Waals surface area contributed by atoms with Gasteiger partial charge in [-0.2, -0.15) is 5.10 Å². The van der Waals surface area contributed by atoms with Gasteiger partial charge in [-0.05, 0) is 71.3 Å². The largest absolute Gasteiger partial charge is 0.497 e. The molecule has 2 amide bonds. The van der Waals surface area contributed by atoms with Gasteiger partial charge in [0.2, 0.25) is 0 Å². The van der Waals surface area contributed by atoms with E-state index >= 15 is 0 Å². The van der Waals surface area contributed by atoms with Crippen molar-refractivity contribution in [1.82, 2.24) is 25.1 Å². The van der Waals surface area contributed by atoms with Crippen LogP contribution in [0.1, 0.15) is 45.3 Å². The minimum atomic E-state index is -0.291. The van der Waals surface area contributed by atoms with Crippen molar-refractivity contribution in [3.05, 3.63) is 131 Å². The highest BCUT2D eigenvalue weighted by Gasteiger charge is 2.33. The summed E-state index contributed by atoms with van der Waals surface area (Å²) in [5.74, 6) is 2.29. The smallest absolute Gasteiger partial charge is 0.253 e. The lowest BCUT2D eigenvalue weighted by atomic mass is 9.98. The zero-order valence-electron chi connectivity index (χ0n) is 27.4. The Morgan fingerprint density at radius 2 is 1.51 bits per heavy atom. The number of ether oxygens (including phenoxy) is 3. The van der Waals surface area contributed by atoms with Crippen LogP contribution in [-0.2, 0) is 17.9 Å². The van der Waals surface area contributed by atoms with E-state index in [1.54, 1.807) is 50.6 Å². The van der Waals surface area contributed by atoms with E-state index in [0.717, 1.165) is 33.9 Å². The molecule has 0 saturated carbocycles. The quantitative estimate of drug-likeness (QED) is 0.157. The summed E-state index contributed by atoms with van der Waals surface area (Å²) in [4.78, 5) is 26.9.